The van der Waals surface area contributed by atoms with Crippen molar-refractivity contribution in [1.29, 1.82) is 0 Å². The molecule has 2 aromatic rings. The van der Waals surface area contributed by atoms with Crippen LogP contribution in [-0.2, 0) is 7.05 Å². The minimum Gasteiger partial charge on any atom is -0.337 e. The first kappa shape index (κ1) is 10.4. The second-order valence-corrected chi connectivity index (χ2v) is 3.64. The lowest BCUT2D eigenvalue weighted by Crippen LogP contribution is -2.10. The standard InChI is InChI=1S/C10H13N5O/c1-6-8(5-15(3)14-6)13-9-4-10(16)12-7(2)11-9/h4-5H,1-3H3,(H2,11,12,13,16). The molecule has 16 heavy (non-hydrogen) atoms. The Morgan fingerprint density at radius 1 is 1.44 bits per heavy atom. The van der Waals surface area contributed by atoms with Gasteiger partial charge in [0.15, 0.2) is 0 Å². The van der Waals surface area contributed by atoms with Crippen LogP contribution < -0.4 is 10.9 Å². The lowest BCUT2D eigenvalue weighted by atomic mass is 10.4. The Hall–Kier alpha value is -2.11. The summed E-state index contributed by atoms with van der Waals surface area (Å²) < 4.78 is 1.71. The van der Waals surface area contributed by atoms with Crippen molar-refractivity contribution >= 4 is 11.5 Å². The van der Waals surface area contributed by atoms with Gasteiger partial charge in [-0.2, -0.15) is 5.10 Å². The summed E-state index contributed by atoms with van der Waals surface area (Å²) in [7, 11) is 1.84. The van der Waals surface area contributed by atoms with Crippen molar-refractivity contribution in [2.45, 2.75) is 13.8 Å². The molecular weight excluding hydrogens is 206 g/mol. The van der Waals surface area contributed by atoms with E-state index in [1.165, 1.54) is 6.07 Å². The van der Waals surface area contributed by atoms with E-state index in [4.69, 9.17) is 0 Å². The van der Waals surface area contributed by atoms with Gasteiger partial charge in [0.1, 0.15) is 11.6 Å². The highest BCUT2D eigenvalue weighted by molar-refractivity contribution is 5.57. The summed E-state index contributed by atoms with van der Waals surface area (Å²) in [6.07, 6.45) is 1.84. The van der Waals surface area contributed by atoms with Crippen molar-refractivity contribution in [1.82, 2.24) is 19.7 Å². The zero-order valence-corrected chi connectivity index (χ0v) is 9.40. The van der Waals surface area contributed by atoms with Gasteiger partial charge in [-0.25, -0.2) is 4.98 Å². The first-order valence-electron chi connectivity index (χ1n) is 4.90. The number of nitrogens with one attached hydrogen (secondary N) is 2. The van der Waals surface area contributed by atoms with Crippen LogP contribution in [0.1, 0.15) is 11.5 Å². The van der Waals surface area contributed by atoms with Crippen LogP contribution in [0.25, 0.3) is 0 Å². The van der Waals surface area contributed by atoms with Gasteiger partial charge in [-0.05, 0) is 13.8 Å². The van der Waals surface area contributed by atoms with Gasteiger partial charge in [0.25, 0.3) is 5.56 Å². The predicted octanol–water partition coefficient (Wildman–Crippen LogP) is 0.864. The first-order valence-corrected chi connectivity index (χ1v) is 4.90. The Bertz CT molecular complexity index is 569. The van der Waals surface area contributed by atoms with E-state index in [-0.39, 0.29) is 5.56 Å². The van der Waals surface area contributed by atoms with Crippen LogP contribution in [0.3, 0.4) is 0 Å². The fraction of sp³-hybridized carbons (Fsp3) is 0.300. The van der Waals surface area contributed by atoms with Gasteiger partial charge in [0, 0.05) is 19.3 Å². The van der Waals surface area contributed by atoms with Crippen LogP contribution in [0.2, 0.25) is 0 Å². The smallest absolute Gasteiger partial charge is 0.252 e. The summed E-state index contributed by atoms with van der Waals surface area (Å²) >= 11 is 0. The van der Waals surface area contributed by atoms with Crippen molar-refractivity contribution < 1.29 is 0 Å². The fourth-order valence-corrected chi connectivity index (χ4v) is 1.50. The molecule has 0 spiro atoms. The second kappa shape index (κ2) is 3.80. The number of hydrogen-bond acceptors (Lipinski definition) is 4. The molecule has 0 unspecified atom stereocenters. The molecular formula is C10H13N5O. The van der Waals surface area contributed by atoms with Crippen molar-refractivity contribution in [2.75, 3.05) is 5.32 Å². The summed E-state index contributed by atoms with van der Waals surface area (Å²) in [6.45, 7) is 3.63. The summed E-state index contributed by atoms with van der Waals surface area (Å²) in [6, 6.07) is 1.42. The van der Waals surface area contributed by atoms with Gasteiger partial charge in [-0.15, -0.1) is 0 Å². The summed E-state index contributed by atoms with van der Waals surface area (Å²) in [5.41, 5.74) is 1.54. The zero-order valence-electron chi connectivity index (χ0n) is 9.40. The van der Waals surface area contributed by atoms with Crippen molar-refractivity contribution in [3.05, 3.63) is 34.1 Å². The van der Waals surface area contributed by atoms with Gasteiger partial charge >= 0.3 is 0 Å². The molecule has 2 heterocycles. The minimum atomic E-state index is -0.170. The molecule has 0 atom stereocenters. The Kier molecular flexibility index (Phi) is 2.47. The number of aromatic amines is 1. The van der Waals surface area contributed by atoms with Crippen LogP contribution in [-0.4, -0.2) is 19.7 Å². The van der Waals surface area contributed by atoms with E-state index in [0.29, 0.717) is 11.6 Å². The molecule has 0 bridgehead atoms. The monoisotopic (exact) mass is 219 g/mol. The fourth-order valence-electron chi connectivity index (χ4n) is 1.50. The lowest BCUT2D eigenvalue weighted by Gasteiger charge is -2.03. The molecule has 0 aliphatic carbocycles. The molecule has 6 nitrogen and oxygen atoms in total. The van der Waals surface area contributed by atoms with Gasteiger partial charge in [0.05, 0.1) is 11.4 Å². The largest absolute Gasteiger partial charge is 0.337 e. The maximum absolute atomic E-state index is 11.2. The van der Waals surface area contributed by atoms with E-state index < -0.39 is 0 Å². The zero-order chi connectivity index (χ0) is 11.7. The lowest BCUT2D eigenvalue weighted by molar-refractivity contribution is 0.756. The molecule has 0 amide bonds. The van der Waals surface area contributed by atoms with Crippen molar-refractivity contribution in [3.63, 3.8) is 0 Å². The molecule has 84 valence electrons. The van der Waals surface area contributed by atoms with Crippen molar-refractivity contribution in [3.8, 4) is 0 Å². The number of aryl methyl sites for hydroxylation is 3. The molecule has 0 saturated heterocycles. The summed E-state index contributed by atoms with van der Waals surface area (Å²) in [5, 5.41) is 7.25. The quantitative estimate of drug-likeness (QED) is 0.785. The molecule has 0 aliphatic rings. The molecule has 0 aromatic carbocycles. The second-order valence-electron chi connectivity index (χ2n) is 3.64. The van der Waals surface area contributed by atoms with E-state index in [2.05, 4.69) is 20.4 Å². The van der Waals surface area contributed by atoms with Crippen molar-refractivity contribution in [2.24, 2.45) is 7.05 Å². The van der Waals surface area contributed by atoms with E-state index in [1.54, 1.807) is 11.6 Å². The number of aromatic nitrogens is 4. The topological polar surface area (TPSA) is 75.6 Å². The maximum Gasteiger partial charge on any atom is 0.252 e. The summed E-state index contributed by atoms with van der Waals surface area (Å²) in [4.78, 5) is 18.0. The highest BCUT2D eigenvalue weighted by atomic mass is 16.1. The molecule has 2 N–H and O–H groups in total. The van der Waals surface area contributed by atoms with Gasteiger partial charge in [-0.3, -0.25) is 9.48 Å². The number of nitrogens with zero attached hydrogens (tertiary/aromatic N) is 3. The SMILES string of the molecule is Cc1nc(Nc2cn(C)nc2C)cc(=O)[nH]1. The van der Waals surface area contributed by atoms with Gasteiger partial charge in [0.2, 0.25) is 0 Å². The highest BCUT2D eigenvalue weighted by Gasteiger charge is 2.04. The van der Waals surface area contributed by atoms with Crippen LogP contribution in [0.5, 0.6) is 0 Å². The average molecular weight is 219 g/mol. The van der Waals surface area contributed by atoms with E-state index >= 15 is 0 Å². The molecule has 2 aromatic heterocycles. The molecule has 0 saturated carbocycles. The van der Waals surface area contributed by atoms with E-state index in [0.717, 1.165) is 11.4 Å². The van der Waals surface area contributed by atoms with Crippen LogP contribution >= 0.6 is 0 Å². The van der Waals surface area contributed by atoms with Crippen LogP contribution in [0.4, 0.5) is 11.5 Å². The molecule has 2 rings (SSSR count). The Balaban J connectivity index is 2.33. The highest BCUT2D eigenvalue weighted by Crippen LogP contribution is 2.16. The van der Waals surface area contributed by atoms with E-state index in [9.17, 15) is 4.79 Å². The number of rotatable bonds is 2. The number of H-pyrrole nitrogens is 1. The third kappa shape index (κ3) is 2.10. The summed E-state index contributed by atoms with van der Waals surface area (Å²) in [5.74, 6) is 1.11. The number of anilines is 2. The molecule has 0 radical (unpaired) electrons. The average Bonchev–Trinajstić information content (AvgIpc) is 2.43. The van der Waals surface area contributed by atoms with Gasteiger partial charge < -0.3 is 10.3 Å². The Morgan fingerprint density at radius 2 is 2.19 bits per heavy atom. The van der Waals surface area contributed by atoms with Crippen LogP contribution in [0, 0.1) is 13.8 Å². The van der Waals surface area contributed by atoms with E-state index in [1.807, 2.05) is 20.2 Å². The molecule has 6 heteroatoms. The molecule has 0 aliphatic heterocycles. The van der Waals surface area contributed by atoms with Gasteiger partial charge in [-0.1, -0.05) is 0 Å². The normalized spacial score (nSPS) is 10.4. The predicted molar refractivity (Wildman–Crippen MR) is 60.8 cm³/mol. The first-order chi connectivity index (χ1) is 7.54. The third-order valence-electron chi connectivity index (χ3n) is 2.14. The Morgan fingerprint density at radius 3 is 2.75 bits per heavy atom. The minimum absolute atomic E-state index is 0.170. The molecule has 0 fully saturated rings. The Labute approximate surface area is 92.3 Å². The maximum atomic E-state index is 11.2. The van der Waals surface area contributed by atoms with Crippen LogP contribution in [0.15, 0.2) is 17.1 Å². The number of hydrogen-bond donors (Lipinski definition) is 2. The third-order valence-corrected chi connectivity index (χ3v) is 2.14.